The quantitative estimate of drug-likeness (QED) is 0.815. The van der Waals surface area contributed by atoms with Crippen molar-refractivity contribution in [2.75, 3.05) is 16.8 Å². The molecule has 1 fully saturated rings. The van der Waals surface area contributed by atoms with Gasteiger partial charge in [-0.15, -0.1) is 0 Å². The minimum atomic E-state index is 0.579. The van der Waals surface area contributed by atoms with Crippen molar-refractivity contribution in [2.45, 2.75) is 12.5 Å². The second kappa shape index (κ2) is 3.77. The normalized spacial score (nSPS) is 20.9. The molecule has 1 atom stereocenters. The lowest BCUT2D eigenvalue weighted by Gasteiger charge is -2.08. The number of aromatic amines is 1. The number of benzene rings is 1. The summed E-state index contributed by atoms with van der Waals surface area (Å²) in [6.07, 6.45) is 1.24. The van der Waals surface area contributed by atoms with Gasteiger partial charge in [-0.05, 0) is 24.3 Å². The first-order chi connectivity index (χ1) is 7.42. The molecule has 2 N–H and O–H groups in total. The number of thioether (sulfide) groups is 1. The van der Waals surface area contributed by atoms with Crippen LogP contribution in [0.5, 0.6) is 0 Å². The number of para-hydroxylation sites is 2. The number of imidazole rings is 1. The number of nitrogens with zero attached hydrogens (tertiary/aromatic N) is 1. The highest BCUT2D eigenvalue weighted by Crippen LogP contribution is 2.21. The van der Waals surface area contributed by atoms with E-state index in [1.165, 1.54) is 17.9 Å². The number of H-pyrrole nitrogens is 1. The number of nitrogens with one attached hydrogen (secondary N) is 2. The minimum Gasteiger partial charge on any atom is -0.352 e. The van der Waals surface area contributed by atoms with E-state index >= 15 is 0 Å². The van der Waals surface area contributed by atoms with Crippen molar-refractivity contribution in [3.05, 3.63) is 24.3 Å². The lowest BCUT2D eigenvalue weighted by Crippen LogP contribution is -2.18. The van der Waals surface area contributed by atoms with Gasteiger partial charge in [0.15, 0.2) is 0 Å². The van der Waals surface area contributed by atoms with E-state index in [4.69, 9.17) is 0 Å². The third kappa shape index (κ3) is 1.81. The van der Waals surface area contributed by atoms with Gasteiger partial charge >= 0.3 is 0 Å². The highest BCUT2D eigenvalue weighted by molar-refractivity contribution is 7.99. The molecule has 1 aliphatic heterocycles. The van der Waals surface area contributed by atoms with Gasteiger partial charge in [-0.2, -0.15) is 11.8 Å². The molecule has 2 aromatic rings. The van der Waals surface area contributed by atoms with Crippen LogP contribution in [-0.4, -0.2) is 27.5 Å². The fourth-order valence-electron chi connectivity index (χ4n) is 1.86. The Hall–Kier alpha value is -1.16. The minimum absolute atomic E-state index is 0.579. The summed E-state index contributed by atoms with van der Waals surface area (Å²) in [7, 11) is 0. The van der Waals surface area contributed by atoms with E-state index in [0.717, 1.165) is 17.0 Å². The maximum Gasteiger partial charge on any atom is 0.201 e. The van der Waals surface area contributed by atoms with E-state index in [1.807, 2.05) is 30.0 Å². The van der Waals surface area contributed by atoms with Crippen LogP contribution in [0, 0.1) is 0 Å². The molecular weight excluding hydrogens is 206 g/mol. The van der Waals surface area contributed by atoms with Gasteiger partial charge in [0, 0.05) is 11.8 Å². The molecule has 0 radical (unpaired) electrons. The van der Waals surface area contributed by atoms with Crippen LogP contribution in [0.15, 0.2) is 24.3 Å². The largest absolute Gasteiger partial charge is 0.352 e. The Bertz CT molecular complexity index is 427. The van der Waals surface area contributed by atoms with Crippen molar-refractivity contribution in [2.24, 2.45) is 0 Å². The van der Waals surface area contributed by atoms with Crippen molar-refractivity contribution < 1.29 is 0 Å². The molecule has 0 amide bonds. The van der Waals surface area contributed by atoms with E-state index in [-0.39, 0.29) is 0 Å². The summed E-state index contributed by atoms with van der Waals surface area (Å²) in [5.74, 6) is 3.36. The van der Waals surface area contributed by atoms with Gasteiger partial charge in [-0.1, -0.05) is 12.1 Å². The summed E-state index contributed by atoms with van der Waals surface area (Å²) in [5.41, 5.74) is 2.14. The van der Waals surface area contributed by atoms with Gasteiger partial charge in [-0.3, -0.25) is 0 Å². The van der Waals surface area contributed by atoms with Crippen LogP contribution >= 0.6 is 11.8 Å². The van der Waals surface area contributed by atoms with Crippen LogP contribution in [0.25, 0.3) is 11.0 Å². The van der Waals surface area contributed by atoms with Crippen molar-refractivity contribution >= 4 is 28.7 Å². The number of rotatable bonds is 2. The number of fused-ring (bicyclic) bond motifs is 1. The van der Waals surface area contributed by atoms with Crippen LogP contribution in [-0.2, 0) is 0 Å². The molecule has 15 heavy (non-hydrogen) atoms. The molecule has 3 rings (SSSR count). The summed E-state index contributed by atoms with van der Waals surface area (Å²) in [5, 5.41) is 3.44. The second-order valence-corrected chi connectivity index (χ2v) is 4.96. The Morgan fingerprint density at radius 1 is 1.40 bits per heavy atom. The maximum absolute atomic E-state index is 4.50. The molecular formula is C11H13N3S. The highest BCUT2D eigenvalue weighted by Gasteiger charge is 2.16. The molecule has 1 aromatic carbocycles. The lowest BCUT2D eigenvalue weighted by atomic mass is 10.3. The van der Waals surface area contributed by atoms with E-state index in [9.17, 15) is 0 Å². The summed E-state index contributed by atoms with van der Waals surface area (Å²) >= 11 is 2.00. The van der Waals surface area contributed by atoms with Gasteiger partial charge in [0.25, 0.3) is 0 Å². The first-order valence-corrected chi connectivity index (χ1v) is 6.36. The molecule has 1 saturated heterocycles. The SMILES string of the molecule is c1ccc2[nH]c(NC3CCSC3)nc2c1. The van der Waals surface area contributed by atoms with Crippen LogP contribution in [0.2, 0.25) is 0 Å². The van der Waals surface area contributed by atoms with Gasteiger partial charge in [0.05, 0.1) is 11.0 Å². The average Bonchev–Trinajstić information content (AvgIpc) is 2.86. The van der Waals surface area contributed by atoms with Gasteiger partial charge in [0.1, 0.15) is 0 Å². The van der Waals surface area contributed by atoms with Crippen molar-refractivity contribution in [3.63, 3.8) is 0 Å². The van der Waals surface area contributed by atoms with Gasteiger partial charge in [0.2, 0.25) is 5.95 Å². The summed E-state index contributed by atoms with van der Waals surface area (Å²) in [4.78, 5) is 7.79. The Kier molecular flexibility index (Phi) is 2.29. The zero-order valence-electron chi connectivity index (χ0n) is 8.36. The molecule has 2 heterocycles. The first-order valence-electron chi connectivity index (χ1n) is 5.21. The third-order valence-electron chi connectivity index (χ3n) is 2.66. The zero-order valence-corrected chi connectivity index (χ0v) is 9.18. The van der Waals surface area contributed by atoms with Crippen molar-refractivity contribution in [1.29, 1.82) is 0 Å². The Morgan fingerprint density at radius 2 is 2.33 bits per heavy atom. The molecule has 0 saturated carbocycles. The Balaban J connectivity index is 1.84. The molecule has 1 aliphatic rings. The Labute approximate surface area is 92.7 Å². The van der Waals surface area contributed by atoms with Crippen molar-refractivity contribution in [1.82, 2.24) is 9.97 Å². The molecule has 0 bridgehead atoms. The molecule has 0 spiro atoms. The lowest BCUT2D eigenvalue weighted by molar-refractivity contribution is 0.803. The van der Waals surface area contributed by atoms with E-state index < -0.39 is 0 Å². The number of anilines is 1. The summed E-state index contributed by atoms with van der Waals surface area (Å²) in [6.45, 7) is 0. The summed E-state index contributed by atoms with van der Waals surface area (Å²) < 4.78 is 0. The van der Waals surface area contributed by atoms with Crippen LogP contribution in [0.3, 0.4) is 0 Å². The van der Waals surface area contributed by atoms with Crippen molar-refractivity contribution in [3.8, 4) is 0 Å². The van der Waals surface area contributed by atoms with E-state index in [2.05, 4.69) is 21.4 Å². The molecule has 78 valence electrons. The smallest absolute Gasteiger partial charge is 0.201 e. The van der Waals surface area contributed by atoms with Gasteiger partial charge < -0.3 is 10.3 Å². The first kappa shape index (κ1) is 9.09. The molecule has 1 unspecified atom stereocenters. The third-order valence-corrected chi connectivity index (χ3v) is 3.82. The standard InChI is InChI=1S/C11H13N3S/c1-2-4-10-9(3-1)13-11(14-10)12-8-5-6-15-7-8/h1-4,8H,5-7H2,(H2,12,13,14). The average molecular weight is 219 g/mol. The summed E-state index contributed by atoms with van der Waals surface area (Å²) in [6, 6.07) is 8.70. The number of aromatic nitrogens is 2. The second-order valence-electron chi connectivity index (χ2n) is 3.81. The topological polar surface area (TPSA) is 40.7 Å². The Morgan fingerprint density at radius 3 is 3.13 bits per heavy atom. The highest BCUT2D eigenvalue weighted by atomic mass is 32.2. The zero-order chi connectivity index (χ0) is 10.1. The van der Waals surface area contributed by atoms with Crippen LogP contribution in [0.1, 0.15) is 6.42 Å². The fraction of sp³-hybridized carbons (Fsp3) is 0.364. The van der Waals surface area contributed by atoms with E-state index in [1.54, 1.807) is 0 Å². The molecule has 3 nitrogen and oxygen atoms in total. The van der Waals surface area contributed by atoms with Crippen LogP contribution < -0.4 is 5.32 Å². The molecule has 4 heteroatoms. The monoisotopic (exact) mass is 219 g/mol. The maximum atomic E-state index is 4.50. The predicted octanol–water partition coefficient (Wildman–Crippen LogP) is 2.48. The fourth-order valence-corrected chi connectivity index (χ4v) is 3.02. The van der Waals surface area contributed by atoms with Gasteiger partial charge in [-0.25, -0.2) is 4.98 Å². The predicted molar refractivity (Wildman–Crippen MR) is 65.4 cm³/mol. The number of hydrogen-bond donors (Lipinski definition) is 2. The molecule has 0 aliphatic carbocycles. The number of hydrogen-bond acceptors (Lipinski definition) is 3. The molecule has 1 aromatic heterocycles. The van der Waals surface area contributed by atoms with Crippen LogP contribution in [0.4, 0.5) is 5.95 Å². The van der Waals surface area contributed by atoms with E-state index in [0.29, 0.717) is 6.04 Å².